The topological polar surface area (TPSA) is 117 Å². The number of aryl methyl sites for hydroxylation is 1. The summed E-state index contributed by atoms with van der Waals surface area (Å²) in [6, 6.07) is 6.26. The molecule has 0 unspecified atom stereocenters. The van der Waals surface area contributed by atoms with E-state index in [1.165, 1.54) is 16.4 Å². The molecule has 3 heterocycles. The van der Waals surface area contributed by atoms with Gasteiger partial charge in [-0.25, -0.2) is 8.42 Å². The summed E-state index contributed by atoms with van der Waals surface area (Å²) in [6.45, 7) is 2.27. The van der Waals surface area contributed by atoms with Gasteiger partial charge in [-0.2, -0.15) is 9.29 Å². The minimum absolute atomic E-state index is 0.0283. The highest BCUT2D eigenvalue weighted by molar-refractivity contribution is 7.89. The summed E-state index contributed by atoms with van der Waals surface area (Å²) < 4.78 is 32.1. The van der Waals surface area contributed by atoms with Crippen LogP contribution in [-0.2, 0) is 20.4 Å². The maximum Gasteiger partial charge on any atom is 0.260 e. The molecule has 0 saturated carbocycles. The number of sulfonamides is 1. The molecule has 2 fully saturated rings. The zero-order chi connectivity index (χ0) is 19.2. The lowest BCUT2D eigenvalue weighted by molar-refractivity contribution is -0.117. The van der Waals surface area contributed by atoms with Crippen molar-refractivity contribution in [1.29, 1.82) is 0 Å². The van der Waals surface area contributed by atoms with Crippen molar-refractivity contribution in [2.75, 3.05) is 24.5 Å². The van der Waals surface area contributed by atoms with Crippen LogP contribution in [-0.4, -0.2) is 53.5 Å². The smallest absolute Gasteiger partial charge is 0.260 e. The normalized spacial score (nSPS) is 24.1. The maximum absolute atomic E-state index is 12.9. The van der Waals surface area contributed by atoms with Crippen LogP contribution in [0, 0.1) is 6.92 Å². The number of rotatable bonds is 4. The summed E-state index contributed by atoms with van der Waals surface area (Å²) in [5.41, 5.74) is -0.799. The standard InChI is InChI=1S/C17H20N4O5S/c1-12-18-16(26-19-12)17(23)8-10-20(11-17)27(24,25)14-6-4-13(5-7-14)21-9-2-3-15(21)22/h4-7,23H,2-3,8-11H2,1H3/t17-/m1/s1. The number of carbonyl (C=O) groups is 1. The molecule has 2 aliphatic rings. The largest absolute Gasteiger partial charge is 0.379 e. The van der Waals surface area contributed by atoms with E-state index in [9.17, 15) is 18.3 Å². The minimum atomic E-state index is -3.78. The second-order valence-corrected chi connectivity index (χ2v) is 8.85. The molecule has 2 aromatic rings. The quantitative estimate of drug-likeness (QED) is 0.817. The first kappa shape index (κ1) is 18.1. The Kier molecular flexibility index (Phi) is 4.28. The molecule has 2 saturated heterocycles. The zero-order valence-electron chi connectivity index (χ0n) is 14.8. The molecule has 1 aromatic carbocycles. The molecule has 4 rings (SSSR count). The van der Waals surface area contributed by atoms with Crippen molar-refractivity contribution in [3.63, 3.8) is 0 Å². The summed E-state index contributed by atoms with van der Waals surface area (Å²) in [7, 11) is -3.78. The first-order valence-corrected chi connectivity index (χ1v) is 10.2. The van der Waals surface area contributed by atoms with Gasteiger partial charge in [0.15, 0.2) is 11.4 Å². The van der Waals surface area contributed by atoms with Gasteiger partial charge in [-0.15, -0.1) is 0 Å². The van der Waals surface area contributed by atoms with Crippen LogP contribution in [0.25, 0.3) is 0 Å². The Balaban J connectivity index is 1.54. The van der Waals surface area contributed by atoms with Gasteiger partial charge in [-0.3, -0.25) is 4.79 Å². The Morgan fingerprint density at radius 2 is 1.96 bits per heavy atom. The van der Waals surface area contributed by atoms with Crippen molar-refractivity contribution in [1.82, 2.24) is 14.4 Å². The summed E-state index contributed by atoms with van der Waals surface area (Å²) in [5, 5.41) is 14.4. The molecular weight excluding hydrogens is 372 g/mol. The Hall–Kier alpha value is -2.30. The molecule has 0 bridgehead atoms. The van der Waals surface area contributed by atoms with Gasteiger partial charge in [0.05, 0.1) is 11.4 Å². The molecule has 144 valence electrons. The van der Waals surface area contributed by atoms with E-state index in [0.717, 1.165) is 6.42 Å². The van der Waals surface area contributed by atoms with Gasteiger partial charge < -0.3 is 14.5 Å². The van der Waals surface area contributed by atoms with E-state index in [2.05, 4.69) is 10.1 Å². The van der Waals surface area contributed by atoms with Crippen molar-refractivity contribution in [3.05, 3.63) is 36.0 Å². The fraction of sp³-hybridized carbons (Fsp3) is 0.471. The SMILES string of the molecule is Cc1noc([C@@]2(O)CCN(S(=O)(=O)c3ccc(N4CCCC4=O)cc3)C2)n1. The lowest BCUT2D eigenvalue weighted by Crippen LogP contribution is -2.34. The van der Waals surface area contributed by atoms with Gasteiger partial charge in [0.2, 0.25) is 15.9 Å². The van der Waals surface area contributed by atoms with E-state index in [-0.39, 0.29) is 36.2 Å². The molecular formula is C17H20N4O5S. The summed E-state index contributed by atoms with van der Waals surface area (Å²) in [4.78, 5) is 17.6. The van der Waals surface area contributed by atoms with Gasteiger partial charge in [-0.1, -0.05) is 5.16 Å². The molecule has 1 aromatic heterocycles. The van der Waals surface area contributed by atoms with E-state index < -0.39 is 15.6 Å². The third-order valence-corrected chi connectivity index (χ3v) is 6.86. The van der Waals surface area contributed by atoms with E-state index in [0.29, 0.717) is 24.5 Å². The van der Waals surface area contributed by atoms with Crippen molar-refractivity contribution in [3.8, 4) is 0 Å². The molecule has 9 nitrogen and oxygen atoms in total. The van der Waals surface area contributed by atoms with Crippen molar-refractivity contribution < 1.29 is 22.8 Å². The predicted molar refractivity (Wildman–Crippen MR) is 94.3 cm³/mol. The van der Waals surface area contributed by atoms with Crippen LogP contribution in [0.3, 0.4) is 0 Å². The molecule has 0 aliphatic carbocycles. The van der Waals surface area contributed by atoms with Gasteiger partial charge in [0.25, 0.3) is 5.89 Å². The third kappa shape index (κ3) is 3.13. The lowest BCUT2D eigenvalue weighted by Gasteiger charge is -2.20. The molecule has 1 N–H and O–H groups in total. The summed E-state index contributed by atoms with van der Waals surface area (Å²) in [5.74, 6) is 0.456. The third-order valence-electron chi connectivity index (χ3n) is 5.00. The van der Waals surface area contributed by atoms with Gasteiger partial charge in [0.1, 0.15) is 0 Å². The maximum atomic E-state index is 12.9. The zero-order valence-corrected chi connectivity index (χ0v) is 15.6. The molecule has 1 amide bonds. The Morgan fingerprint density at radius 1 is 1.22 bits per heavy atom. The number of carbonyl (C=O) groups excluding carboxylic acids is 1. The number of β-amino-alcohol motifs (C(OH)–C–C–N with tert-alkyl or cyclic N) is 1. The van der Waals surface area contributed by atoms with Crippen molar-refractivity contribution in [2.45, 2.75) is 36.7 Å². The van der Waals surface area contributed by atoms with Crippen LogP contribution < -0.4 is 4.90 Å². The second-order valence-electron chi connectivity index (χ2n) is 6.91. The first-order valence-electron chi connectivity index (χ1n) is 8.73. The lowest BCUT2D eigenvalue weighted by atomic mass is 10.0. The van der Waals surface area contributed by atoms with E-state index in [1.54, 1.807) is 24.0 Å². The average Bonchev–Trinajstić information content (AvgIpc) is 3.36. The van der Waals surface area contributed by atoms with Crippen LogP contribution in [0.1, 0.15) is 31.0 Å². The van der Waals surface area contributed by atoms with E-state index >= 15 is 0 Å². The molecule has 2 aliphatic heterocycles. The molecule has 1 atom stereocenters. The van der Waals surface area contributed by atoms with E-state index in [4.69, 9.17) is 4.52 Å². The highest BCUT2D eigenvalue weighted by Crippen LogP contribution is 2.34. The molecule has 0 spiro atoms. The monoisotopic (exact) mass is 392 g/mol. The Morgan fingerprint density at radius 3 is 2.56 bits per heavy atom. The average molecular weight is 392 g/mol. The minimum Gasteiger partial charge on any atom is -0.379 e. The number of aliphatic hydroxyl groups is 1. The Bertz CT molecular complexity index is 971. The van der Waals surface area contributed by atoms with Crippen LogP contribution in [0.2, 0.25) is 0 Å². The van der Waals surface area contributed by atoms with E-state index in [1.807, 2.05) is 0 Å². The second kappa shape index (κ2) is 6.39. The number of hydrogen-bond donors (Lipinski definition) is 1. The number of aromatic nitrogens is 2. The number of nitrogens with zero attached hydrogens (tertiary/aromatic N) is 4. The van der Waals surface area contributed by atoms with Gasteiger partial charge in [-0.05, 0) is 37.6 Å². The van der Waals surface area contributed by atoms with Crippen LogP contribution in [0.5, 0.6) is 0 Å². The molecule has 27 heavy (non-hydrogen) atoms. The van der Waals surface area contributed by atoms with Gasteiger partial charge >= 0.3 is 0 Å². The van der Waals surface area contributed by atoms with Crippen molar-refractivity contribution in [2.24, 2.45) is 0 Å². The summed E-state index contributed by atoms with van der Waals surface area (Å²) >= 11 is 0. The van der Waals surface area contributed by atoms with Crippen LogP contribution >= 0.6 is 0 Å². The fourth-order valence-electron chi connectivity index (χ4n) is 3.49. The number of hydrogen-bond acceptors (Lipinski definition) is 7. The summed E-state index contributed by atoms with van der Waals surface area (Å²) in [6.07, 6.45) is 1.50. The number of amides is 1. The highest BCUT2D eigenvalue weighted by Gasteiger charge is 2.46. The molecule has 10 heteroatoms. The fourth-order valence-corrected chi connectivity index (χ4v) is 4.99. The highest BCUT2D eigenvalue weighted by atomic mass is 32.2. The van der Waals surface area contributed by atoms with Crippen LogP contribution in [0.15, 0.2) is 33.7 Å². The molecule has 0 radical (unpaired) electrons. The first-order chi connectivity index (χ1) is 12.8. The van der Waals surface area contributed by atoms with Crippen molar-refractivity contribution >= 4 is 21.6 Å². The predicted octanol–water partition coefficient (Wildman–Crippen LogP) is 0.787. The number of benzene rings is 1. The number of anilines is 1. The van der Waals surface area contributed by atoms with Gasteiger partial charge in [0, 0.05) is 31.6 Å². The Labute approximate surface area is 156 Å². The van der Waals surface area contributed by atoms with Crippen LogP contribution in [0.4, 0.5) is 5.69 Å².